The minimum Gasteiger partial charge on any atom is -0.417 e. The minimum absolute atomic E-state index is 0.548. The van der Waals surface area contributed by atoms with Crippen LogP contribution in [0, 0.1) is 0 Å². The molecule has 0 amide bonds. The summed E-state index contributed by atoms with van der Waals surface area (Å²) in [7, 11) is -2.62. The highest BCUT2D eigenvalue weighted by Crippen LogP contribution is 2.26. The monoisotopic (exact) mass is 344 g/mol. The second-order valence-corrected chi connectivity index (χ2v) is 24.4. The van der Waals surface area contributed by atoms with Crippen LogP contribution in [-0.2, 0) is 4.43 Å². The first-order valence-electron chi connectivity index (χ1n) is 9.92. The van der Waals surface area contributed by atoms with E-state index in [-0.39, 0.29) is 0 Å². The summed E-state index contributed by atoms with van der Waals surface area (Å²) in [6.07, 6.45) is 15.5. The van der Waals surface area contributed by atoms with E-state index in [0.717, 1.165) is 0 Å². The van der Waals surface area contributed by atoms with E-state index in [9.17, 15) is 0 Å². The van der Waals surface area contributed by atoms with Crippen LogP contribution in [0.3, 0.4) is 0 Å². The van der Waals surface area contributed by atoms with Gasteiger partial charge in [0, 0.05) is 6.10 Å². The van der Waals surface area contributed by atoms with Gasteiger partial charge in [0.15, 0.2) is 7.83 Å². The molecule has 0 saturated carbocycles. The molecule has 1 unspecified atom stereocenters. The molecule has 22 heavy (non-hydrogen) atoms. The van der Waals surface area contributed by atoms with Crippen molar-refractivity contribution in [2.24, 2.45) is 0 Å². The van der Waals surface area contributed by atoms with E-state index in [1.54, 1.807) is 0 Å². The van der Waals surface area contributed by atoms with E-state index in [2.05, 4.69) is 46.6 Å². The zero-order chi connectivity index (χ0) is 17.1. The molecule has 0 aromatic rings. The van der Waals surface area contributed by atoms with Crippen LogP contribution in [0.5, 0.6) is 0 Å². The molecule has 134 valence electrons. The summed E-state index contributed by atoms with van der Waals surface area (Å²) in [6.45, 7) is 17.0. The van der Waals surface area contributed by atoms with Gasteiger partial charge in [0.1, 0.15) is 0 Å². The predicted molar refractivity (Wildman–Crippen MR) is 108 cm³/mol. The van der Waals surface area contributed by atoms with Gasteiger partial charge in [-0.25, -0.2) is 0 Å². The Morgan fingerprint density at radius 1 is 0.636 bits per heavy atom. The van der Waals surface area contributed by atoms with Gasteiger partial charge in [-0.3, -0.25) is 0 Å². The maximum atomic E-state index is 6.79. The van der Waals surface area contributed by atoms with Gasteiger partial charge < -0.3 is 4.43 Å². The van der Waals surface area contributed by atoms with Gasteiger partial charge in [-0.2, -0.15) is 0 Å². The van der Waals surface area contributed by atoms with Gasteiger partial charge in [-0.05, 0) is 25.9 Å². The zero-order valence-electron chi connectivity index (χ0n) is 16.8. The van der Waals surface area contributed by atoms with Crippen molar-refractivity contribution in [3.05, 3.63) is 0 Å². The number of unbranched alkanes of at least 4 members (excludes halogenated alkanes) is 7. The topological polar surface area (TPSA) is 9.23 Å². The molecule has 0 heterocycles. The average Bonchev–Trinajstić information content (AvgIpc) is 2.41. The van der Waals surface area contributed by atoms with Crippen LogP contribution in [-0.4, -0.2) is 21.5 Å². The lowest BCUT2D eigenvalue weighted by Gasteiger charge is -2.38. The molecule has 0 aromatic heterocycles. The normalized spacial score (nSPS) is 14.3. The van der Waals surface area contributed by atoms with Crippen molar-refractivity contribution < 1.29 is 4.43 Å². The van der Waals surface area contributed by atoms with Gasteiger partial charge in [0.05, 0.1) is 7.59 Å². The Kier molecular flexibility index (Phi) is 12.1. The maximum Gasteiger partial charge on any atom is 0.173 e. The van der Waals surface area contributed by atoms with Crippen LogP contribution in [0.15, 0.2) is 0 Å². The number of hydrogen-bond donors (Lipinski definition) is 0. The molecule has 0 aromatic carbocycles. The summed E-state index contributed by atoms with van der Waals surface area (Å²) < 4.78 is 6.79. The molecule has 0 N–H and O–H groups in total. The Morgan fingerprint density at radius 3 is 1.45 bits per heavy atom. The number of hydrogen-bond acceptors (Lipinski definition) is 1. The van der Waals surface area contributed by atoms with Crippen LogP contribution in [0.25, 0.3) is 0 Å². The molecular weight excluding hydrogens is 300 g/mol. The highest BCUT2D eigenvalue weighted by atomic mass is 29.3. The SMILES string of the molecule is CCCCCCCC(CCCCCC)O[Si](C)(C)[Si](C)(C)C. The van der Waals surface area contributed by atoms with Crippen molar-refractivity contribution in [1.82, 2.24) is 0 Å². The molecule has 0 rings (SSSR count). The summed E-state index contributed by atoms with van der Waals surface area (Å²) in [4.78, 5) is 0. The summed E-state index contributed by atoms with van der Waals surface area (Å²) in [5.74, 6) is 0. The van der Waals surface area contributed by atoms with E-state index in [1.807, 2.05) is 0 Å². The van der Waals surface area contributed by atoms with E-state index in [4.69, 9.17) is 4.43 Å². The van der Waals surface area contributed by atoms with Crippen molar-refractivity contribution >= 4 is 15.4 Å². The Morgan fingerprint density at radius 2 is 1.05 bits per heavy atom. The van der Waals surface area contributed by atoms with Crippen LogP contribution in [0.1, 0.15) is 84.5 Å². The third-order valence-corrected chi connectivity index (χ3v) is 21.0. The molecular formula is C19H44OSi2. The van der Waals surface area contributed by atoms with E-state index >= 15 is 0 Å². The summed E-state index contributed by atoms with van der Waals surface area (Å²) in [5.41, 5.74) is 0. The van der Waals surface area contributed by atoms with Gasteiger partial charge in [0.25, 0.3) is 0 Å². The van der Waals surface area contributed by atoms with E-state index in [0.29, 0.717) is 6.10 Å². The van der Waals surface area contributed by atoms with Gasteiger partial charge in [0.2, 0.25) is 0 Å². The lowest BCUT2D eigenvalue weighted by molar-refractivity contribution is 0.169. The average molecular weight is 345 g/mol. The maximum absolute atomic E-state index is 6.79. The van der Waals surface area contributed by atoms with Crippen molar-refractivity contribution in [2.75, 3.05) is 0 Å². The van der Waals surface area contributed by atoms with Gasteiger partial charge in [-0.1, -0.05) is 91.3 Å². The second kappa shape index (κ2) is 11.9. The Balaban J connectivity index is 4.32. The minimum atomic E-state index is -1.47. The lowest BCUT2D eigenvalue weighted by Crippen LogP contribution is -2.56. The first-order valence-corrected chi connectivity index (χ1v) is 17.3. The van der Waals surface area contributed by atoms with Crippen LogP contribution < -0.4 is 0 Å². The fraction of sp³-hybridized carbons (Fsp3) is 1.00. The lowest BCUT2D eigenvalue weighted by atomic mass is 10.0. The van der Waals surface area contributed by atoms with Crippen molar-refractivity contribution in [2.45, 2.75) is 123 Å². The van der Waals surface area contributed by atoms with Crippen LogP contribution in [0.4, 0.5) is 0 Å². The molecule has 0 saturated heterocycles. The number of rotatable bonds is 14. The Bertz CT molecular complexity index is 259. The predicted octanol–water partition coefficient (Wildman–Crippen LogP) is 7.32. The van der Waals surface area contributed by atoms with E-state index < -0.39 is 15.4 Å². The molecule has 0 bridgehead atoms. The van der Waals surface area contributed by atoms with Crippen molar-refractivity contribution in [3.63, 3.8) is 0 Å². The molecule has 0 aliphatic rings. The van der Waals surface area contributed by atoms with Crippen molar-refractivity contribution in [3.8, 4) is 0 Å². The molecule has 0 fully saturated rings. The molecule has 1 atom stereocenters. The van der Waals surface area contributed by atoms with Gasteiger partial charge in [-0.15, -0.1) is 0 Å². The fourth-order valence-corrected chi connectivity index (χ4v) is 5.61. The van der Waals surface area contributed by atoms with Gasteiger partial charge >= 0.3 is 0 Å². The fourth-order valence-electron chi connectivity index (χ4n) is 2.63. The second-order valence-electron chi connectivity index (χ2n) is 8.55. The molecule has 0 aliphatic heterocycles. The standard InChI is InChI=1S/C19H44OSi2/c1-8-10-12-14-16-18-19(17-15-13-11-9-2)20-22(6,7)21(3,4)5/h19H,8-18H2,1-7H3. The Hall–Kier alpha value is 0.394. The summed E-state index contributed by atoms with van der Waals surface area (Å²) >= 11 is 0. The molecule has 0 aliphatic carbocycles. The van der Waals surface area contributed by atoms with E-state index in [1.165, 1.54) is 70.6 Å². The third-order valence-electron chi connectivity index (χ3n) is 5.28. The van der Waals surface area contributed by atoms with Crippen LogP contribution >= 0.6 is 0 Å². The largest absolute Gasteiger partial charge is 0.417 e. The Labute approximate surface area is 143 Å². The highest BCUT2D eigenvalue weighted by molar-refractivity contribution is 7.37. The smallest absolute Gasteiger partial charge is 0.173 e. The molecule has 3 heteroatoms. The molecule has 0 radical (unpaired) electrons. The summed E-state index contributed by atoms with van der Waals surface area (Å²) in [6, 6.07) is 0. The highest BCUT2D eigenvalue weighted by Gasteiger charge is 2.40. The van der Waals surface area contributed by atoms with Crippen LogP contribution in [0.2, 0.25) is 32.7 Å². The summed E-state index contributed by atoms with van der Waals surface area (Å²) in [5, 5.41) is 0. The molecule has 1 nitrogen and oxygen atoms in total. The third kappa shape index (κ3) is 10.2. The van der Waals surface area contributed by atoms with Crippen molar-refractivity contribution in [1.29, 1.82) is 0 Å². The zero-order valence-corrected chi connectivity index (χ0v) is 18.8. The first kappa shape index (κ1) is 22.4. The first-order chi connectivity index (χ1) is 10.2. The quantitative estimate of drug-likeness (QED) is 0.237. The molecule has 0 spiro atoms.